The van der Waals surface area contributed by atoms with E-state index in [1.807, 2.05) is 0 Å². The second-order valence-electron chi connectivity index (χ2n) is 4.52. The molecule has 1 aromatic rings. The van der Waals surface area contributed by atoms with E-state index in [4.69, 9.17) is 0 Å². The van der Waals surface area contributed by atoms with Gasteiger partial charge in [0.1, 0.15) is 0 Å². The Balaban J connectivity index is 2.60. The molecule has 0 radical (unpaired) electrons. The molecule has 1 rings (SSSR count). The minimum absolute atomic E-state index is 0.0465. The first-order valence-corrected chi connectivity index (χ1v) is 7.40. The Morgan fingerprint density at radius 3 is 2.50 bits per heavy atom. The smallest absolute Gasteiger partial charge is 0.229 e. The molecule has 0 aliphatic carbocycles. The number of nitrogens with zero attached hydrogens (tertiary/aromatic N) is 1. The van der Waals surface area contributed by atoms with Gasteiger partial charge >= 0.3 is 0 Å². The first-order chi connectivity index (χ1) is 8.58. The van der Waals surface area contributed by atoms with Crippen LogP contribution in [-0.4, -0.2) is 16.0 Å². The predicted octanol–water partition coefficient (Wildman–Crippen LogP) is 3.35. The highest BCUT2D eigenvalue weighted by Gasteiger charge is 2.18. The number of carbonyl (C=O) groups excluding carboxylic acids is 1. The van der Waals surface area contributed by atoms with E-state index in [-0.39, 0.29) is 11.8 Å². The van der Waals surface area contributed by atoms with Crippen LogP contribution in [0.25, 0.3) is 0 Å². The van der Waals surface area contributed by atoms with Gasteiger partial charge < -0.3 is 10.4 Å². The molecule has 0 saturated carbocycles. The van der Waals surface area contributed by atoms with E-state index < -0.39 is 6.10 Å². The second-order valence-corrected chi connectivity index (χ2v) is 5.38. The SMILES string of the molecule is CCCC(CCC)C(=O)Nc1nc(C(C)O)cs1. The predicted molar refractivity (Wildman–Crippen MR) is 74.7 cm³/mol. The maximum atomic E-state index is 12.1. The van der Waals surface area contributed by atoms with Crippen LogP contribution in [0, 0.1) is 5.92 Å². The third kappa shape index (κ3) is 4.38. The summed E-state index contributed by atoms with van der Waals surface area (Å²) in [4.78, 5) is 16.3. The van der Waals surface area contributed by atoms with Gasteiger partial charge in [-0.3, -0.25) is 4.79 Å². The highest BCUT2D eigenvalue weighted by atomic mass is 32.1. The molecule has 0 aromatic carbocycles. The first-order valence-electron chi connectivity index (χ1n) is 6.52. The molecule has 0 spiro atoms. The summed E-state index contributed by atoms with van der Waals surface area (Å²) in [5, 5.41) is 14.6. The molecule has 0 aliphatic rings. The van der Waals surface area contributed by atoms with E-state index in [0.29, 0.717) is 10.8 Å². The average molecular weight is 270 g/mol. The summed E-state index contributed by atoms with van der Waals surface area (Å²) in [6, 6.07) is 0. The van der Waals surface area contributed by atoms with Gasteiger partial charge in [0, 0.05) is 11.3 Å². The number of thiazole rings is 1. The number of aromatic nitrogens is 1. The Bertz CT molecular complexity index is 371. The van der Waals surface area contributed by atoms with Crippen molar-refractivity contribution in [2.24, 2.45) is 5.92 Å². The molecular weight excluding hydrogens is 248 g/mol. The topological polar surface area (TPSA) is 62.2 Å². The zero-order valence-electron chi connectivity index (χ0n) is 11.3. The summed E-state index contributed by atoms with van der Waals surface area (Å²) in [5.41, 5.74) is 0.609. The van der Waals surface area contributed by atoms with E-state index in [2.05, 4.69) is 24.1 Å². The van der Waals surface area contributed by atoms with E-state index in [1.165, 1.54) is 11.3 Å². The Morgan fingerprint density at radius 2 is 2.06 bits per heavy atom. The third-order valence-corrected chi connectivity index (χ3v) is 3.60. The maximum absolute atomic E-state index is 12.1. The van der Waals surface area contributed by atoms with Gasteiger partial charge in [-0.25, -0.2) is 4.98 Å². The van der Waals surface area contributed by atoms with Crippen molar-refractivity contribution in [2.75, 3.05) is 5.32 Å². The summed E-state index contributed by atoms with van der Waals surface area (Å²) < 4.78 is 0. The summed E-state index contributed by atoms with van der Waals surface area (Å²) in [5.74, 6) is 0.115. The maximum Gasteiger partial charge on any atom is 0.229 e. The molecule has 1 atom stereocenters. The summed E-state index contributed by atoms with van der Waals surface area (Å²) >= 11 is 1.36. The number of aliphatic hydroxyl groups excluding tert-OH is 1. The Kier molecular flexibility index (Phi) is 6.29. The zero-order chi connectivity index (χ0) is 13.5. The van der Waals surface area contributed by atoms with Crippen molar-refractivity contribution in [3.05, 3.63) is 11.1 Å². The molecule has 0 saturated heterocycles. The fourth-order valence-electron chi connectivity index (χ4n) is 1.85. The fourth-order valence-corrected chi connectivity index (χ4v) is 2.65. The van der Waals surface area contributed by atoms with E-state index in [9.17, 15) is 9.90 Å². The lowest BCUT2D eigenvalue weighted by Crippen LogP contribution is -2.22. The highest BCUT2D eigenvalue weighted by molar-refractivity contribution is 7.13. The Labute approximate surface area is 112 Å². The quantitative estimate of drug-likeness (QED) is 0.798. The number of hydrogen-bond donors (Lipinski definition) is 2. The van der Waals surface area contributed by atoms with Crippen molar-refractivity contribution in [2.45, 2.75) is 52.6 Å². The standard InChI is InChI=1S/C13H22N2O2S/c1-4-6-10(7-5-2)12(17)15-13-14-11(8-18-13)9(3)16/h8-10,16H,4-7H2,1-3H3,(H,14,15,17). The number of anilines is 1. The zero-order valence-corrected chi connectivity index (χ0v) is 12.1. The van der Waals surface area contributed by atoms with Crippen molar-refractivity contribution >= 4 is 22.4 Å². The van der Waals surface area contributed by atoms with Crippen LogP contribution in [0.3, 0.4) is 0 Å². The van der Waals surface area contributed by atoms with Gasteiger partial charge in [0.05, 0.1) is 11.8 Å². The molecule has 0 aliphatic heterocycles. The van der Waals surface area contributed by atoms with Crippen molar-refractivity contribution in [1.82, 2.24) is 4.98 Å². The molecule has 4 nitrogen and oxygen atoms in total. The van der Waals surface area contributed by atoms with Gasteiger partial charge in [-0.2, -0.15) is 0 Å². The van der Waals surface area contributed by atoms with Crippen LogP contribution in [0.15, 0.2) is 5.38 Å². The van der Waals surface area contributed by atoms with Crippen LogP contribution in [0.4, 0.5) is 5.13 Å². The van der Waals surface area contributed by atoms with E-state index in [0.717, 1.165) is 25.7 Å². The number of aliphatic hydroxyl groups is 1. The lowest BCUT2D eigenvalue weighted by atomic mass is 9.97. The van der Waals surface area contributed by atoms with Crippen LogP contribution in [0.2, 0.25) is 0 Å². The van der Waals surface area contributed by atoms with Gasteiger partial charge in [0.15, 0.2) is 5.13 Å². The van der Waals surface area contributed by atoms with Crippen LogP contribution in [-0.2, 0) is 4.79 Å². The molecule has 1 heterocycles. The van der Waals surface area contributed by atoms with Crippen molar-refractivity contribution < 1.29 is 9.90 Å². The van der Waals surface area contributed by atoms with Gasteiger partial charge in [-0.1, -0.05) is 26.7 Å². The largest absolute Gasteiger partial charge is 0.387 e. The molecule has 2 N–H and O–H groups in total. The third-order valence-electron chi connectivity index (χ3n) is 2.83. The summed E-state index contributed by atoms with van der Waals surface area (Å²) in [6.45, 7) is 5.84. The number of carbonyl (C=O) groups is 1. The molecule has 18 heavy (non-hydrogen) atoms. The van der Waals surface area contributed by atoms with Crippen LogP contribution in [0.5, 0.6) is 0 Å². The lowest BCUT2D eigenvalue weighted by Gasteiger charge is -2.13. The number of amides is 1. The van der Waals surface area contributed by atoms with Crippen molar-refractivity contribution in [3.8, 4) is 0 Å². The van der Waals surface area contributed by atoms with Crippen LogP contribution in [0.1, 0.15) is 58.3 Å². The normalized spacial score (nSPS) is 12.7. The molecule has 102 valence electrons. The van der Waals surface area contributed by atoms with Crippen LogP contribution >= 0.6 is 11.3 Å². The Morgan fingerprint density at radius 1 is 1.44 bits per heavy atom. The molecular formula is C13H22N2O2S. The van der Waals surface area contributed by atoms with Gasteiger partial charge in [0.25, 0.3) is 0 Å². The fraction of sp³-hybridized carbons (Fsp3) is 0.692. The highest BCUT2D eigenvalue weighted by Crippen LogP contribution is 2.22. The number of nitrogens with one attached hydrogen (secondary N) is 1. The molecule has 0 bridgehead atoms. The average Bonchev–Trinajstić information content (AvgIpc) is 2.77. The molecule has 1 aromatic heterocycles. The van der Waals surface area contributed by atoms with Gasteiger partial charge in [0.2, 0.25) is 5.91 Å². The van der Waals surface area contributed by atoms with Crippen molar-refractivity contribution in [3.63, 3.8) is 0 Å². The van der Waals surface area contributed by atoms with E-state index in [1.54, 1.807) is 12.3 Å². The first kappa shape index (κ1) is 15.1. The summed E-state index contributed by atoms with van der Waals surface area (Å²) in [6.07, 6.45) is 3.25. The summed E-state index contributed by atoms with van der Waals surface area (Å²) in [7, 11) is 0. The Hall–Kier alpha value is -0.940. The number of hydrogen-bond acceptors (Lipinski definition) is 4. The number of rotatable bonds is 7. The minimum Gasteiger partial charge on any atom is -0.387 e. The monoisotopic (exact) mass is 270 g/mol. The molecule has 0 fully saturated rings. The molecule has 1 amide bonds. The second kappa shape index (κ2) is 7.48. The van der Waals surface area contributed by atoms with Crippen LogP contribution < -0.4 is 5.32 Å². The molecule has 5 heteroatoms. The van der Waals surface area contributed by atoms with E-state index >= 15 is 0 Å². The molecule has 1 unspecified atom stereocenters. The minimum atomic E-state index is -0.589. The van der Waals surface area contributed by atoms with Gasteiger partial charge in [-0.05, 0) is 19.8 Å². The van der Waals surface area contributed by atoms with Gasteiger partial charge in [-0.15, -0.1) is 11.3 Å². The van der Waals surface area contributed by atoms with Crippen molar-refractivity contribution in [1.29, 1.82) is 0 Å². The lowest BCUT2D eigenvalue weighted by molar-refractivity contribution is -0.120.